The molecule has 1 fully saturated rings. The lowest BCUT2D eigenvalue weighted by atomic mass is 10.0. The third kappa shape index (κ3) is 3.95. The summed E-state index contributed by atoms with van der Waals surface area (Å²) < 4.78 is 14.4. The normalized spacial score (nSPS) is 13.8. The van der Waals surface area contributed by atoms with Crippen molar-refractivity contribution in [2.24, 2.45) is 0 Å². The molecule has 0 radical (unpaired) electrons. The number of nitrogens with one attached hydrogen (secondary N) is 2. The number of terminal acetylenes is 1. The van der Waals surface area contributed by atoms with Gasteiger partial charge in [-0.3, -0.25) is 9.59 Å². The van der Waals surface area contributed by atoms with Gasteiger partial charge in [-0.05, 0) is 23.8 Å². The molecule has 152 valence electrons. The summed E-state index contributed by atoms with van der Waals surface area (Å²) in [4.78, 5) is 26.3. The molecule has 30 heavy (non-hydrogen) atoms. The van der Waals surface area contributed by atoms with E-state index in [9.17, 15) is 14.0 Å². The van der Waals surface area contributed by atoms with Gasteiger partial charge in [0, 0.05) is 43.9 Å². The van der Waals surface area contributed by atoms with Crippen LogP contribution < -0.4 is 10.9 Å². The maximum absolute atomic E-state index is 14.4. The number of benzene rings is 2. The van der Waals surface area contributed by atoms with E-state index in [0.29, 0.717) is 43.6 Å². The second kappa shape index (κ2) is 8.47. The number of aromatic nitrogens is 2. The van der Waals surface area contributed by atoms with Crippen molar-refractivity contribution in [3.8, 4) is 12.3 Å². The number of aromatic amines is 1. The number of carbonyl (C=O) groups is 1. The SMILES string of the molecule is C#CCCNC1CN(C(=O)c2cc(Cc3n[nH]c(=O)c4ccccc34)ccc2F)C1. The summed E-state index contributed by atoms with van der Waals surface area (Å²) in [6.07, 6.45) is 6.23. The van der Waals surface area contributed by atoms with Gasteiger partial charge < -0.3 is 10.2 Å². The minimum absolute atomic E-state index is 0.0447. The molecule has 4 rings (SSSR count). The monoisotopic (exact) mass is 404 g/mol. The number of nitrogens with zero attached hydrogens (tertiary/aromatic N) is 2. The molecule has 3 aromatic rings. The van der Waals surface area contributed by atoms with Crippen LogP contribution in [0, 0.1) is 18.2 Å². The van der Waals surface area contributed by atoms with Crippen LogP contribution in [0.3, 0.4) is 0 Å². The quantitative estimate of drug-likeness (QED) is 0.487. The number of fused-ring (bicyclic) bond motifs is 1. The Morgan fingerprint density at radius 3 is 2.80 bits per heavy atom. The predicted molar refractivity (Wildman–Crippen MR) is 113 cm³/mol. The average molecular weight is 404 g/mol. The smallest absolute Gasteiger partial charge is 0.272 e. The molecule has 1 amide bonds. The Bertz CT molecular complexity index is 1190. The Morgan fingerprint density at radius 2 is 2.03 bits per heavy atom. The summed E-state index contributed by atoms with van der Waals surface area (Å²) in [6.45, 7) is 1.76. The molecule has 1 aromatic heterocycles. The third-order valence-electron chi connectivity index (χ3n) is 5.28. The number of likely N-dealkylation sites (tertiary alicyclic amines) is 1. The van der Waals surface area contributed by atoms with Crippen molar-refractivity contribution < 1.29 is 9.18 Å². The van der Waals surface area contributed by atoms with Crippen molar-refractivity contribution in [2.45, 2.75) is 18.9 Å². The number of H-pyrrole nitrogens is 1. The Hall–Kier alpha value is -3.50. The molecular formula is C23H21FN4O2. The van der Waals surface area contributed by atoms with Gasteiger partial charge in [0.15, 0.2) is 0 Å². The van der Waals surface area contributed by atoms with Gasteiger partial charge in [0.1, 0.15) is 5.82 Å². The van der Waals surface area contributed by atoms with Gasteiger partial charge in [0.05, 0.1) is 16.6 Å². The second-order valence-electron chi connectivity index (χ2n) is 7.35. The van der Waals surface area contributed by atoms with Crippen LogP contribution in [0.15, 0.2) is 47.3 Å². The first-order valence-electron chi connectivity index (χ1n) is 9.77. The Kier molecular flexibility index (Phi) is 5.59. The molecule has 0 aliphatic carbocycles. The largest absolute Gasteiger partial charge is 0.335 e. The predicted octanol–water partition coefficient (Wildman–Crippen LogP) is 2.09. The lowest BCUT2D eigenvalue weighted by Gasteiger charge is -2.39. The van der Waals surface area contributed by atoms with Gasteiger partial charge in [-0.2, -0.15) is 5.10 Å². The fourth-order valence-electron chi connectivity index (χ4n) is 3.64. The number of halogens is 1. The zero-order valence-corrected chi connectivity index (χ0v) is 16.3. The maximum atomic E-state index is 14.4. The Labute approximate surface area is 173 Å². The molecular weight excluding hydrogens is 383 g/mol. The first-order valence-corrected chi connectivity index (χ1v) is 9.77. The molecule has 0 saturated carbocycles. The van der Waals surface area contributed by atoms with Crippen molar-refractivity contribution in [1.82, 2.24) is 20.4 Å². The highest BCUT2D eigenvalue weighted by Gasteiger charge is 2.32. The van der Waals surface area contributed by atoms with Crippen molar-refractivity contribution in [2.75, 3.05) is 19.6 Å². The molecule has 0 atom stereocenters. The van der Waals surface area contributed by atoms with E-state index in [-0.39, 0.29) is 23.1 Å². The van der Waals surface area contributed by atoms with Gasteiger partial charge in [-0.1, -0.05) is 24.3 Å². The number of hydrogen-bond acceptors (Lipinski definition) is 4. The van der Waals surface area contributed by atoms with Gasteiger partial charge in [0.2, 0.25) is 0 Å². The molecule has 2 heterocycles. The zero-order valence-electron chi connectivity index (χ0n) is 16.3. The molecule has 2 N–H and O–H groups in total. The summed E-state index contributed by atoms with van der Waals surface area (Å²) in [5.41, 5.74) is 1.20. The topological polar surface area (TPSA) is 78.1 Å². The standard InChI is InChI=1S/C23H21FN4O2/c1-2-3-10-25-16-13-28(14-16)23(30)19-11-15(8-9-20(19)24)12-21-17-6-4-5-7-18(17)22(29)27-26-21/h1,4-9,11,16,25H,3,10,12-14H2,(H,27,29). The molecule has 7 heteroatoms. The maximum Gasteiger partial charge on any atom is 0.272 e. The molecule has 0 spiro atoms. The highest BCUT2D eigenvalue weighted by Crippen LogP contribution is 2.21. The fourth-order valence-corrected chi connectivity index (χ4v) is 3.64. The second-order valence-corrected chi connectivity index (χ2v) is 7.35. The van der Waals surface area contributed by atoms with E-state index < -0.39 is 5.82 Å². The number of carbonyl (C=O) groups excluding carboxylic acids is 1. The minimum atomic E-state index is -0.549. The van der Waals surface area contributed by atoms with E-state index in [4.69, 9.17) is 6.42 Å². The van der Waals surface area contributed by atoms with Crippen LogP contribution in [0.1, 0.15) is 28.0 Å². The van der Waals surface area contributed by atoms with Crippen LogP contribution in [0.5, 0.6) is 0 Å². The van der Waals surface area contributed by atoms with E-state index in [0.717, 1.165) is 10.9 Å². The van der Waals surface area contributed by atoms with Gasteiger partial charge in [-0.15, -0.1) is 12.3 Å². The molecule has 1 aliphatic rings. The van der Waals surface area contributed by atoms with Crippen molar-refractivity contribution in [3.05, 3.63) is 75.5 Å². The van der Waals surface area contributed by atoms with Crippen LogP contribution in [-0.2, 0) is 6.42 Å². The molecule has 2 aromatic carbocycles. The lowest BCUT2D eigenvalue weighted by Crippen LogP contribution is -2.60. The van der Waals surface area contributed by atoms with Crippen molar-refractivity contribution in [1.29, 1.82) is 0 Å². The van der Waals surface area contributed by atoms with Gasteiger partial charge >= 0.3 is 0 Å². The van der Waals surface area contributed by atoms with Crippen LogP contribution in [0.2, 0.25) is 0 Å². The van der Waals surface area contributed by atoms with Crippen LogP contribution in [-0.4, -0.2) is 46.7 Å². The number of rotatable bonds is 6. The van der Waals surface area contributed by atoms with Crippen molar-refractivity contribution in [3.63, 3.8) is 0 Å². The summed E-state index contributed by atoms with van der Waals surface area (Å²) in [5, 5.41) is 11.2. The van der Waals surface area contributed by atoms with E-state index in [1.165, 1.54) is 6.07 Å². The molecule has 0 bridgehead atoms. The fraction of sp³-hybridized carbons (Fsp3) is 0.261. The van der Waals surface area contributed by atoms with Gasteiger partial charge in [0.25, 0.3) is 11.5 Å². The lowest BCUT2D eigenvalue weighted by molar-refractivity contribution is 0.0564. The summed E-state index contributed by atoms with van der Waals surface area (Å²) >= 11 is 0. The molecule has 0 unspecified atom stereocenters. The molecule has 1 aliphatic heterocycles. The van der Waals surface area contributed by atoms with E-state index >= 15 is 0 Å². The Balaban J connectivity index is 1.51. The van der Waals surface area contributed by atoms with Crippen molar-refractivity contribution >= 4 is 16.7 Å². The Morgan fingerprint density at radius 1 is 1.27 bits per heavy atom. The highest BCUT2D eigenvalue weighted by atomic mass is 19.1. The average Bonchev–Trinajstić information content (AvgIpc) is 2.73. The van der Waals surface area contributed by atoms with Gasteiger partial charge in [-0.25, -0.2) is 9.49 Å². The first-order chi connectivity index (χ1) is 14.6. The van der Waals surface area contributed by atoms with Crippen LogP contribution in [0.4, 0.5) is 4.39 Å². The van der Waals surface area contributed by atoms with Crippen LogP contribution in [0.25, 0.3) is 10.8 Å². The molecule has 6 nitrogen and oxygen atoms in total. The van der Waals surface area contributed by atoms with E-state index in [1.807, 2.05) is 12.1 Å². The van der Waals surface area contributed by atoms with Crippen LogP contribution >= 0.6 is 0 Å². The number of hydrogen-bond donors (Lipinski definition) is 2. The first kappa shape index (κ1) is 19.8. The zero-order chi connectivity index (χ0) is 21.1. The highest BCUT2D eigenvalue weighted by molar-refractivity contribution is 5.95. The summed E-state index contributed by atoms with van der Waals surface area (Å²) in [7, 11) is 0. The number of amides is 1. The summed E-state index contributed by atoms with van der Waals surface area (Å²) in [5.74, 6) is 1.68. The van der Waals surface area contributed by atoms with E-state index in [2.05, 4.69) is 21.4 Å². The summed E-state index contributed by atoms with van der Waals surface area (Å²) in [6, 6.07) is 11.9. The minimum Gasteiger partial charge on any atom is -0.335 e. The molecule has 1 saturated heterocycles. The third-order valence-corrected chi connectivity index (χ3v) is 5.28. The van der Waals surface area contributed by atoms with E-state index in [1.54, 1.807) is 29.2 Å².